The van der Waals surface area contributed by atoms with Crippen molar-refractivity contribution in [3.05, 3.63) is 60.8 Å². The van der Waals surface area contributed by atoms with E-state index in [4.69, 9.17) is 14.0 Å². The number of ether oxygens (including phenoxy) is 2. The Hall–Kier alpha value is -2.24. The van der Waals surface area contributed by atoms with Crippen LogP contribution in [0.4, 0.5) is 0 Å². The minimum absolute atomic E-state index is 0.212. The Morgan fingerprint density at radius 3 is 1.89 bits per heavy atom. The zero-order valence-corrected chi connectivity index (χ0v) is 33.9. The smallest absolute Gasteiger partial charge is 0.394 e. The largest absolute Gasteiger partial charge is 0.397 e. The van der Waals surface area contributed by atoms with E-state index in [9.17, 15) is 38.7 Å². The van der Waals surface area contributed by atoms with Crippen LogP contribution < -0.4 is 5.32 Å². The van der Waals surface area contributed by atoms with Crippen molar-refractivity contribution in [3.63, 3.8) is 0 Å². The molecule has 1 heterocycles. The van der Waals surface area contributed by atoms with Crippen molar-refractivity contribution in [2.45, 2.75) is 178 Å². The zero-order chi connectivity index (χ0) is 40.7. The highest BCUT2D eigenvalue weighted by Gasteiger charge is 2.48. The van der Waals surface area contributed by atoms with Crippen molar-refractivity contribution in [2.24, 2.45) is 0 Å². The fraction of sp³-hybridized carbons (Fsp3) is 0.732. The van der Waals surface area contributed by atoms with Crippen molar-refractivity contribution < 1.29 is 57.0 Å². The van der Waals surface area contributed by atoms with Crippen LogP contribution >= 0.6 is 0 Å². The third kappa shape index (κ3) is 24.9. The Balaban J connectivity index is 2.72. The van der Waals surface area contributed by atoms with Gasteiger partial charge in [0.2, 0.25) is 5.91 Å². The highest BCUT2D eigenvalue weighted by Crippen LogP contribution is 2.26. The predicted molar refractivity (Wildman–Crippen MR) is 214 cm³/mol. The van der Waals surface area contributed by atoms with Crippen molar-refractivity contribution in [2.75, 3.05) is 13.2 Å². The van der Waals surface area contributed by atoms with Crippen LogP contribution in [-0.4, -0.2) is 107 Å². The molecule has 8 unspecified atom stereocenters. The van der Waals surface area contributed by atoms with Crippen molar-refractivity contribution >= 4 is 16.3 Å². The number of nitrogens with one attached hydrogen (secondary N) is 1. The van der Waals surface area contributed by atoms with Gasteiger partial charge in [0.25, 0.3) is 0 Å². The standard InChI is InChI=1S/C41H71NO12S/c1-3-5-7-9-11-13-15-17-18-20-22-24-26-28-30-35(45)40(48)42-33(34(44)29-27-25-23-21-19-16-14-12-10-8-6-4-2)32-52-41-38(47)39(54-55(49,50)51)37(46)36(31-43)53-41/h10-13,15,17,19,21,27,29,33-39,41,43-47H,3-9,14,16,18,20,22-26,28,30-32H2,1-2H3,(H,42,48)(H,49,50,51)/b12-10+,13-11-,17-15-,21-19+,29-27+. The van der Waals surface area contributed by atoms with E-state index in [2.05, 4.69) is 72.0 Å². The molecule has 0 bridgehead atoms. The molecule has 8 atom stereocenters. The first-order chi connectivity index (χ1) is 26.4. The van der Waals surface area contributed by atoms with Crippen LogP contribution in [0.3, 0.4) is 0 Å². The van der Waals surface area contributed by atoms with E-state index in [1.807, 2.05) is 0 Å². The summed E-state index contributed by atoms with van der Waals surface area (Å²) in [6.45, 7) is 3.06. The molecule has 0 radical (unpaired) electrons. The molecule has 1 saturated heterocycles. The molecule has 0 aromatic rings. The zero-order valence-electron chi connectivity index (χ0n) is 33.1. The number of hydrogen-bond acceptors (Lipinski definition) is 11. The molecular formula is C41H71NO12S. The maximum atomic E-state index is 13.0. The van der Waals surface area contributed by atoms with Crippen LogP contribution in [0.25, 0.3) is 0 Å². The van der Waals surface area contributed by atoms with Crippen LogP contribution in [-0.2, 0) is 28.9 Å². The van der Waals surface area contributed by atoms with Crippen LogP contribution in [0.15, 0.2) is 60.8 Å². The molecule has 55 heavy (non-hydrogen) atoms. The molecular weight excluding hydrogens is 731 g/mol. The molecule has 13 nitrogen and oxygen atoms in total. The van der Waals surface area contributed by atoms with E-state index in [0.717, 1.165) is 64.2 Å². The molecule has 0 saturated carbocycles. The Morgan fingerprint density at radius 2 is 1.29 bits per heavy atom. The Kier molecular flexibility index (Phi) is 29.4. The normalized spacial score (nSPS) is 22.8. The minimum Gasteiger partial charge on any atom is -0.394 e. The second-order valence-electron chi connectivity index (χ2n) is 14.0. The van der Waals surface area contributed by atoms with Gasteiger partial charge in [-0.15, -0.1) is 0 Å². The number of amides is 1. The van der Waals surface area contributed by atoms with Crippen LogP contribution in [0.2, 0.25) is 0 Å². The number of carbonyl (C=O) groups is 1. The minimum atomic E-state index is -5.12. The van der Waals surface area contributed by atoms with E-state index in [1.54, 1.807) is 6.08 Å². The summed E-state index contributed by atoms with van der Waals surface area (Å²) < 4.78 is 47.3. The summed E-state index contributed by atoms with van der Waals surface area (Å²) in [6, 6.07) is -1.15. The Bertz CT molecular complexity index is 1240. The summed E-state index contributed by atoms with van der Waals surface area (Å²) in [5, 5.41) is 54.9. The third-order valence-corrected chi connectivity index (χ3v) is 9.60. The second kappa shape index (κ2) is 31.8. The molecule has 318 valence electrons. The maximum absolute atomic E-state index is 13.0. The SMILES string of the molecule is CCCC/C=C/CC/C=C/CC/C=C/C(O)C(COC1OC(CO)C(O)C(OS(=O)(=O)O)C1O)NC(=O)C(O)CCCCCCC/C=C\C=C/CCCCC. The summed E-state index contributed by atoms with van der Waals surface area (Å²) in [5.41, 5.74) is 0. The molecule has 0 aliphatic carbocycles. The predicted octanol–water partition coefficient (Wildman–Crippen LogP) is 5.68. The molecule has 0 spiro atoms. The van der Waals surface area contributed by atoms with Crippen LogP contribution in [0.1, 0.15) is 129 Å². The third-order valence-electron chi connectivity index (χ3n) is 9.13. The molecule has 1 fully saturated rings. The van der Waals surface area contributed by atoms with Gasteiger partial charge in [0.05, 0.1) is 25.4 Å². The van der Waals surface area contributed by atoms with Gasteiger partial charge >= 0.3 is 10.4 Å². The highest BCUT2D eigenvalue weighted by molar-refractivity contribution is 7.80. The van der Waals surface area contributed by atoms with Crippen molar-refractivity contribution in [3.8, 4) is 0 Å². The van der Waals surface area contributed by atoms with Gasteiger partial charge in [0.1, 0.15) is 30.5 Å². The second-order valence-corrected chi connectivity index (χ2v) is 15.1. The lowest BCUT2D eigenvalue weighted by Gasteiger charge is -2.41. The highest BCUT2D eigenvalue weighted by atomic mass is 32.3. The number of aliphatic hydroxyl groups excluding tert-OH is 5. The maximum Gasteiger partial charge on any atom is 0.397 e. The molecule has 14 heteroatoms. The Labute approximate surface area is 330 Å². The first-order valence-electron chi connectivity index (χ1n) is 20.3. The molecule has 1 rings (SSSR count). The fourth-order valence-corrected chi connectivity index (χ4v) is 6.33. The van der Waals surface area contributed by atoms with Crippen LogP contribution in [0, 0.1) is 0 Å². The van der Waals surface area contributed by atoms with E-state index in [0.29, 0.717) is 12.8 Å². The number of allylic oxidation sites excluding steroid dienone is 9. The van der Waals surface area contributed by atoms with Gasteiger partial charge in [-0.25, -0.2) is 4.18 Å². The Morgan fingerprint density at radius 1 is 0.745 bits per heavy atom. The number of hydrogen-bond donors (Lipinski definition) is 7. The first kappa shape index (κ1) is 50.8. The summed E-state index contributed by atoms with van der Waals surface area (Å²) in [6.07, 6.45) is 26.0. The van der Waals surface area contributed by atoms with Gasteiger partial charge in [-0.1, -0.05) is 126 Å². The molecule has 7 N–H and O–H groups in total. The molecule has 1 aliphatic rings. The monoisotopic (exact) mass is 801 g/mol. The topological polar surface area (TPSA) is 212 Å². The number of rotatable bonds is 32. The van der Waals surface area contributed by atoms with E-state index < -0.39 is 78.5 Å². The summed E-state index contributed by atoms with van der Waals surface area (Å²) >= 11 is 0. The lowest BCUT2D eigenvalue weighted by molar-refractivity contribution is -0.298. The van der Waals surface area contributed by atoms with Gasteiger partial charge in [-0.2, -0.15) is 8.42 Å². The molecule has 1 aliphatic heterocycles. The molecule has 1 amide bonds. The van der Waals surface area contributed by atoms with E-state index in [1.165, 1.54) is 38.2 Å². The average Bonchev–Trinajstić information content (AvgIpc) is 3.15. The van der Waals surface area contributed by atoms with Gasteiger partial charge in [0.15, 0.2) is 6.29 Å². The average molecular weight is 802 g/mol. The number of aliphatic hydroxyl groups is 5. The van der Waals surface area contributed by atoms with E-state index >= 15 is 0 Å². The molecule has 0 aromatic heterocycles. The van der Waals surface area contributed by atoms with Gasteiger partial charge < -0.3 is 40.3 Å². The summed E-state index contributed by atoms with van der Waals surface area (Å²) in [5.74, 6) is -0.734. The summed E-state index contributed by atoms with van der Waals surface area (Å²) in [7, 11) is -5.12. The fourth-order valence-electron chi connectivity index (χ4n) is 5.82. The quantitative estimate of drug-likeness (QED) is 0.0190. The van der Waals surface area contributed by atoms with Gasteiger partial charge in [0, 0.05) is 0 Å². The first-order valence-corrected chi connectivity index (χ1v) is 21.7. The van der Waals surface area contributed by atoms with Gasteiger partial charge in [-0.3, -0.25) is 9.35 Å². The van der Waals surface area contributed by atoms with Crippen molar-refractivity contribution in [1.82, 2.24) is 5.32 Å². The number of unbranched alkanes of at least 4 members (excludes halogenated alkanes) is 12. The van der Waals surface area contributed by atoms with Crippen LogP contribution in [0.5, 0.6) is 0 Å². The lowest BCUT2D eigenvalue weighted by atomic mass is 9.99. The van der Waals surface area contributed by atoms with Gasteiger partial charge in [-0.05, 0) is 64.2 Å². The van der Waals surface area contributed by atoms with Crippen molar-refractivity contribution in [1.29, 1.82) is 0 Å². The summed E-state index contributed by atoms with van der Waals surface area (Å²) in [4.78, 5) is 13.0. The molecule has 0 aromatic carbocycles. The number of carbonyl (C=O) groups excluding carboxylic acids is 1. The lowest BCUT2D eigenvalue weighted by Crippen LogP contribution is -2.61. The van der Waals surface area contributed by atoms with E-state index in [-0.39, 0.29) is 6.42 Å².